The van der Waals surface area contributed by atoms with E-state index >= 15 is 0 Å². The largest absolute Gasteiger partial charge is 0.353 e. The molecule has 0 aliphatic carbocycles. The van der Waals surface area contributed by atoms with Crippen LogP contribution in [0.2, 0.25) is 0 Å². The zero-order chi connectivity index (χ0) is 8.41. The van der Waals surface area contributed by atoms with E-state index in [0.29, 0.717) is 0 Å². The van der Waals surface area contributed by atoms with Crippen molar-refractivity contribution in [3.8, 4) is 0 Å². The first-order valence-corrected chi connectivity index (χ1v) is 4.72. The molecule has 0 aromatic heterocycles. The van der Waals surface area contributed by atoms with Crippen molar-refractivity contribution in [3.05, 3.63) is 12.4 Å². The molecular formula is C4H7Cl2O3P. The van der Waals surface area contributed by atoms with Crippen LogP contribution in [0.5, 0.6) is 0 Å². The maximum Gasteiger partial charge on any atom is 0.353 e. The molecule has 0 aliphatic rings. The highest BCUT2D eigenvalue weighted by molar-refractivity contribution is 7.56. The first-order valence-electron chi connectivity index (χ1n) is 2.31. The van der Waals surface area contributed by atoms with Crippen molar-refractivity contribution < 1.29 is 14.0 Å². The summed E-state index contributed by atoms with van der Waals surface area (Å²) in [5.74, 6) is 0.760. The summed E-state index contributed by atoms with van der Waals surface area (Å²) in [4.78, 5) is 8.71. The second kappa shape index (κ2) is 3.24. The zero-order valence-corrected chi connectivity index (χ0v) is 7.66. The molecule has 0 spiro atoms. The lowest BCUT2D eigenvalue weighted by Crippen LogP contribution is -2.08. The molecule has 10 heavy (non-hydrogen) atoms. The Morgan fingerprint density at radius 2 is 2.20 bits per heavy atom. The normalized spacial score (nSPS) is 18.0. The minimum absolute atomic E-state index is 0.760. The van der Waals surface area contributed by atoms with E-state index in [4.69, 9.17) is 28.1 Å². The van der Waals surface area contributed by atoms with Crippen molar-refractivity contribution in [1.29, 1.82) is 0 Å². The second-order valence-electron chi connectivity index (χ2n) is 1.65. The monoisotopic (exact) mass is 204 g/mol. The van der Waals surface area contributed by atoms with Crippen molar-refractivity contribution in [3.63, 3.8) is 0 Å². The Morgan fingerprint density at radius 3 is 2.30 bits per heavy atom. The van der Waals surface area contributed by atoms with Gasteiger partial charge in [0.15, 0.2) is 0 Å². The Bertz CT molecular complexity index is 174. The van der Waals surface area contributed by atoms with Gasteiger partial charge in [0.2, 0.25) is 4.52 Å². The van der Waals surface area contributed by atoms with Crippen molar-refractivity contribution in [2.75, 3.05) is 0 Å². The molecule has 0 fully saturated rings. The van der Waals surface area contributed by atoms with Crippen molar-refractivity contribution >= 4 is 30.8 Å². The van der Waals surface area contributed by atoms with Gasteiger partial charge in [-0.3, -0.25) is 9.09 Å². The lowest BCUT2D eigenvalue weighted by Gasteiger charge is -2.16. The molecule has 0 saturated heterocycles. The maximum absolute atomic E-state index is 10.6. The van der Waals surface area contributed by atoms with Gasteiger partial charge in [0.1, 0.15) is 0 Å². The van der Waals surface area contributed by atoms with Gasteiger partial charge in [-0.25, -0.2) is 0 Å². The molecule has 6 heteroatoms. The van der Waals surface area contributed by atoms with Gasteiger partial charge in [-0.1, -0.05) is 29.8 Å². The Labute approximate surface area is 69.1 Å². The van der Waals surface area contributed by atoms with Gasteiger partial charge in [0.05, 0.1) is 0 Å². The highest BCUT2D eigenvalue weighted by atomic mass is 35.5. The van der Waals surface area contributed by atoms with E-state index in [0.717, 1.165) is 5.82 Å². The molecule has 0 radical (unpaired) electrons. The minimum atomic E-state index is -3.79. The summed E-state index contributed by atoms with van der Waals surface area (Å²) in [6.45, 7) is 4.30. The molecule has 0 aromatic rings. The molecule has 0 aliphatic heterocycles. The molecule has 0 saturated carbocycles. The quantitative estimate of drug-likeness (QED) is 0.568. The molecule has 0 aromatic carbocycles. The summed E-state index contributed by atoms with van der Waals surface area (Å²) in [5, 5.41) is 0. The van der Waals surface area contributed by atoms with E-state index in [9.17, 15) is 4.57 Å². The van der Waals surface area contributed by atoms with Crippen LogP contribution in [0.25, 0.3) is 0 Å². The van der Waals surface area contributed by atoms with Gasteiger partial charge < -0.3 is 4.89 Å². The molecule has 0 bridgehead atoms. The molecule has 60 valence electrons. The van der Waals surface area contributed by atoms with E-state index < -0.39 is 12.1 Å². The van der Waals surface area contributed by atoms with Crippen LogP contribution in [-0.4, -0.2) is 9.41 Å². The lowest BCUT2D eigenvalue weighted by atomic mass is 10.9. The maximum atomic E-state index is 10.6. The van der Waals surface area contributed by atoms with E-state index in [2.05, 4.69) is 11.1 Å². The zero-order valence-electron chi connectivity index (χ0n) is 5.25. The van der Waals surface area contributed by atoms with Crippen molar-refractivity contribution in [2.45, 2.75) is 11.4 Å². The Balaban J connectivity index is 4.16. The third-order valence-corrected chi connectivity index (χ3v) is 1.98. The topological polar surface area (TPSA) is 46.5 Å². The van der Waals surface area contributed by atoms with Gasteiger partial charge in [0.25, 0.3) is 0 Å². The van der Waals surface area contributed by atoms with Gasteiger partial charge in [-0.15, -0.1) is 0 Å². The third-order valence-electron chi connectivity index (χ3n) is 0.522. The average Bonchev–Trinajstić information content (AvgIpc) is 1.60. The van der Waals surface area contributed by atoms with Crippen molar-refractivity contribution in [1.82, 2.24) is 0 Å². The molecule has 1 N–H and O–H groups in total. The average molecular weight is 205 g/mol. The minimum Gasteiger partial charge on any atom is -0.321 e. The molecule has 0 rings (SSSR count). The van der Waals surface area contributed by atoms with Crippen LogP contribution in [-0.2, 0) is 9.09 Å². The van der Waals surface area contributed by atoms with Gasteiger partial charge >= 0.3 is 7.60 Å². The summed E-state index contributed by atoms with van der Waals surface area (Å²) in [7, 11) is -3.79. The Morgan fingerprint density at radius 1 is 1.80 bits per heavy atom. The number of rotatable bonds is 3. The molecule has 1 atom stereocenters. The van der Waals surface area contributed by atoms with Crippen molar-refractivity contribution in [2.24, 2.45) is 0 Å². The molecular weight excluding hydrogens is 198 g/mol. The summed E-state index contributed by atoms with van der Waals surface area (Å²) >= 11 is 10.5. The van der Waals surface area contributed by atoms with Gasteiger partial charge in [-0.05, 0) is 6.92 Å². The van der Waals surface area contributed by atoms with Crippen LogP contribution in [0.3, 0.4) is 0 Å². The molecule has 0 heterocycles. The van der Waals surface area contributed by atoms with Crippen LogP contribution < -0.4 is 0 Å². The third kappa shape index (κ3) is 5.27. The fourth-order valence-electron chi connectivity index (χ4n) is 0.267. The van der Waals surface area contributed by atoms with Gasteiger partial charge in [-0.2, -0.15) is 0 Å². The van der Waals surface area contributed by atoms with E-state index in [1.165, 1.54) is 6.92 Å². The SMILES string of the molecule is C=CP(=O)(O)OC(C)(Cl)Cl. The summed E-state index contributed by atoms with van der Waals surface area (Å²) in [5.41, 5.74) is 0. The first kappa shape index (κ1) is 10.5. The lowest BCUT2D eigenvalue weighted by molar-refractivity contribution is 0.227. The molecule has 3 nitrogen and oxygen atoms in total. The smallest absolute Gasteiger partial charge is 0.321 e. The predicted molar refractivity (Wildman–Crippen MR) is 41.2 cm³/mol. The predicted octanol–water partition coefficient (Wildman–Crippen LogP) is 2.48. The number of hydrogen-bond acceptors (Lipinski definition) is 2. The Kier molecular flexibility index (Phi) is 3.40. The van der Waals surface area contributed by atoms with E-state index in [-0.39, 0.29) is 0 Å². The van der Waals surface area contributed by atoms with Crippen LogP contribution in [0, 0.1) is 0 Å². The number of hydrogen-bond donors (Lipinski definition) is 1. The van der Waals surface area contributed by atoms with Crippen LogP contribution in [0.1, 0.15) is 6.92 Å². The summed E-state index contributed by atoms with van der Waals surface area (Å²) < 4.78 is 13.3. The number of alkyl halides is 2. The van der Waals surface area contributed by atoms with E-state index in [1.54, 1.807) is 0 Å². The first-order chi connectivity index (χ1) is 4.27. The number of halogens is 2. The van der Waals surface area contributed by atoms with E-state index in [1.807, 2.05) is 0 Å². The van der Waals surface area contributed by atoms with Crippen LogP contribution in [0.4, 0.5) is 0 Å². The van der Waals surface area contributed by atoms with Crippen LogP contribution in [0.15, 0.2) is 12.4 Å². The highest BCUT2D eigenvalue weighted by Gasteiger charge is 2.27. The van der Waals surface area contributed by atoms with Gasteiger partial charge in [0, 0.05) is 5.82 Å². The second-order valence-corrected chi connectivity index (χ2v) is 4.96. The molecule has 0 amide bonds. The summed E-state index contributed by atoms with van der Waals surface area (Å²) in [6, 6.07) is 0. The summed E-state index contributed by atoms with van der Waals surface area (Å²) in [6.07, 6.45) is 0. The fraction of sp³-hybridized carbons (Fsp3) is 0.500. The van der Waals surface area contributed by atoms with Crippen LogP contribution >= 0.6 is 30.8 Å². The Hall–Kier alpha value is 0.470. The fourth-order valence-corrected chi connectivity index (χ4v) is 1.39. The molecule has 1 unspecified atom stereocenters. The standard InChI is InChI=1S/C4H7Cl2O3P/c1-3-10(7,8)9-4(2,5)6/h3H,1H2,2H3,(H,7,8). The highest BCUT2D eigenvalue weighted by Crippen LogP contribution is 2.49.